The minimum Gasteiger partial charge on any atom is -0.382 e. The quantitative estimate of drug-likeness (QED) is 0.653. The average molecular weight is 269 g/mol. The lowest BCUT2D eigenvalue weighted by molar-refractivity contribution is 0.920. The molecular weight excluding hydrogens is 248 g/mol. The van der Waals surface area contributed by atoms with Crippen molar-refractivity contribution in [2.75, 3.05) is 18.9 Å². The molecule has 0 spiro atoms. The summed E-state index contributed by atoms with van der Waals surface area (Å²) >= 11 is 5.98. The fraction of sp³-hybridized carbons (Fsp3) is 0.385. The summed E-state index contributed by atoms with van der Waals surface area (Å²) in [6.07, 6.45) is 7.01. The molecule has 0 aliphatic carbocycles. The number of nitrogens with zero attached hydrogens (tertiary/aromatic N) is 3. The van der Waals surface area contributed by atoms with Gasteiger partial charge in [-0.15, -0.1) is 0 Å². The molecule has 18 heavy (non-hydrogen) atoms. The summed E-state index contributed by atoms with van der Waals surface area (Å²) in [7, 11) is 1.70. The van der Waals surface area contributed by atoms with Crippen LogP contribution < -0.4 is 5.32 Å². The molecule has 0 aliphatic heterocycles. The van der Waals surface area contributed by atoms with E-state index in [9.17, 15) is 0 Å². The maximum atomic E-state index is 5.98. The van der Waals surface area contributed by atoms with Crippen LogP contribution in [0.1, 0.15) is 20.8 Å². The van der Waals surface area contributed by atoms with Gasteiger partial charge in [0.1, 0.15) is 0 Å². The minimum absolute atomic E-state index is 0.446. The molecule has 0 fully saturated rings. The highest BCUT2D eigenvalue weighted by molar-refractivity contribution is 6.32. The fourth-order valence-electron chi connectivity index (χ4n) is 1.23. The van der Waals surface area contributed by atoms with Crippen LogP contribution in [0.25, 0.3) is 5.70 Å². The van der Waals surface area contributed by atoms with E-state index in [-0.39, 0.29) is 0 Å². The normalized spacial score (nSPS) is 11.1. The first-order valence-corrected chi connectivity index (χ1v) is 6.35. The lowest BCUT2D eigenvalue weighted by Crippen LogP contribution is -1.99. The van der Waals surface area contributed by atoms with Crippen molar-refractivity contribution in [1.82, 2.24) is 9.78 Å². The third-order valence-electron chi connectivity index (χ3n) is 1.85. The van der Waals surface area contributed by atoms with E-state index in [0.29, 0.717) is 5.15 Å². The summed E-state index contributed by atoms with van der Waals surface area (Å²) < 4.78 is 1.66. The summed E-state index contributed by atoms with van der Waals surface area (Å²) in [5, 5.41) is 7.75. The van der Waals surface area contributed by atoms with Gasteiger partial charge in [0.25, 0.3) is 0 Å². The Labute approximate surface area is 114 Å². The Morgan fingerprint density at radius 3 is 2.78 bits per heavy atom. The van der Waals surface area contributed by atoms with Crippen molar-refractivity contribution in [2.45, 2.75) is 20.8 Å². The zero-order valence-electron chi connectivity index (χ0n) is 11.4. The SMILES string of the molecule is C=C/C=C(\C=NC)n1cc(NCC)c(Cl)n1.CC. The van der Waals surface area contributed by atoms with Gasteiger partial charge >= 0.3 is 0 Å². The summed E-state index contributed by atoms with van der Waals surface area (Å²) in [6, 6.07) is 0. The Hall–Kier alpha value is -1.55. The van der Waals surface area contributed by atoms with Crippen molar-refractivity contribution in [2.24, 2.45) is 4.99 Å². The van der Waals surface area contributed by atoms with Crippen LogP contribution >= 0.6 is 11.6 Å². The molecule has 4 nitrogen and oxygen atoms in total. The highest BCUT2D eigenvalue weighted by Gasteiger charge is 2.07. The molecule has 1 aromatic rings. The van der Waals surface area contributed by atoms with Crippen LogP contribution in [0.3, 0.4) is 0 Å². The van der Waals surface area contributed by atoms with Crippen LogP contribution in [0.4, 0.5) is 5.69 Å². The minimum atomic E-state index is 0.446. The maximum absolute atomic E-state index is 5.98. The average Bonchev–Trinajstić information content (AvgIpc) is 2.74. The van der Waals surface area contributed by atoms with Gasteiger partial charge in [0.15, 0.2) is 5.15 Å². The van der Waals surface area contributed by atoms with Crippen LogP contribution in [0.2, 0.25) is 5.15 Å². The molecular formula is C13H21ClN4. The van der Waals surface area contributed by atoms with Crippen molar-refractivity contribution in [3.63, 3.8) is 0 Å². The van der Waals surface area contributed by atoms with Crippen LogP contribution in [0.5, 0.6) is 0 Å². The number of halogens is 1. The molecule has 0 amide bonds. The lowest BCUT2D eigenvalue weighted by Gasteiger charge is -1.99. The van der Waals surface area contributed by atoms with Gasteiger partial charge in [0, 0.05) is 19.8 Å². The Morgan fingerprint density at radius 1 is 1.61 bits per heavy atom. The first kappa shape index (κ1) is 16.4. The molecule has 0 bridgehead atoms. The molecule has 0 aromatic carbocycles. The second-order valence-electron chi connectivity index (χ2n) is 3.02. The molecule has 0 saturated heterocycles. The first-order chi connectivity index (χ1) is 8.72. The zero-order valence-corrected chi connectivity index (χ0v) is 12.2. The van der Waals surface area contributed by atoms with Crippen LogP contribution in [-0.2, 0) is 0 Å². The summed E-state index contributed by atoms with van der Waals surface area (Å²) in [4.78, 5) is 3.95. The molecule has 0 atom stereocenters. The van der Waals surface area contributed by atoms with Crippen molar-refractivity contribution in [3.05, 3.63) is 30.1 Å². The lowest BCUT2D eigenvalue weighted by atomic mass is 10.4. The van der Waals surface area contributed by atoms with Gasteiger partial charge in [-0.3, -0.25) is 4.99 Å². The highest BCUT2D eigenvalue weighted by atomic mass is 35.5. The Bertz CT molecular complexity index is 419. The number of aliphatic imine (C=N–C) groups is 1. The van der Waals surface area contributed by atoms with Gasteiger partial charge in [-0.25, -0.2) is 4.68 Å². The molecule has 1 aromatic heterocycles. The van der Waals surface area contributed by atoms with Crippen LogP contribution in [0.15, 0.2) is 29.9 Å². The fourth-order valence-corrected chi connectivity index (χ4v) is 1.42. The van der Waals surface area contributed by atoms with Gasteiger partial charge in [0.2, 0.25) is 0 Å². The van der Waals surface area contributed by atoms with E-state index in [4.69, 9.17) is 11.6 Å². The zero-order chi connectivity index (χ0) is 14.0. The number of rotatable bonds is 5. The summed E-state index contributed by atoms with van der Waals surface area (Å²) in [5.41, 5.74) is 1.62. The standard InChI is InChI=1S/C11H15ClN4.C2H6/c1-4-6-9(7-13-3)16-8-10(14-5-2)11(12)15-16;1-2/h4,6-8,14H,1,5H2,2-3H3;1-2H3/b9-6+,13-7?;. The van der Waals surface area contributed by atoms with Crippen molar-refractivity contribution < 1.29 is 0 Å². The van der Waals surface area contributed by atoms with Crippen LogP contribution in [-0.4, -0.2) is 29.6 Å². The second-order valence-corrected chi connectivity index (χ2v) is 3.38. The molecule has 1 rings (SSSR count). The Kier molecular flexibility index (Phi) is 8.66. The number of anilines is 1. The predicted molar refractivity (Wildman–Crippen MR) is 81.6 cm³/mol. The molecule has 100 valence electrons. The van der Waals surface area contributed by atoms with E-state index in [1.165, 1.54) is 0 Å². The van der Waals surface area contributed by atoms with Gasteiger partial charge in [0.05, 0.1) is 17.6 Å². The summed E-state index contributed by atoms with van der Waals surface area (Å²) in [5.74, 6) is 0. The third-order valence-corrected chi connectivity index (χ3v) is 2.13. The molecule has 0 aliphatic rings. The topological polar surface area (TPSA) is 42.2 Å². The number of nitrogens with one attached hydrogen (secondary N) is 1. The van der Waals surface area contributed by atoms with Crippen molar-refractivity contribution in [3.8, 4) is 0 Å². The van der Waals surface area contributed by atoms with E-state index >= 15 is 0 Å². The highest BCUT2D eigenvalue weighted by Crippen LogP contribution is 2.20. The molecule has 1 N–H and O–H groups in total. The van der Waals surface area contributed by atoms with Crippen molar-refractivity contribution in [1.29, 1.82) is 0 Å². The van der Waals surface area contributed by atoms with E-state index in [1.807, 2.05) is 33.0 Å². The smallest absolute Gasteiger partial charge is 0.174 e. The van der Waals surface area contributed by atoms with E-state index in [2.05, 4.69) is 22.0 Å². The Balaban J connectivity index is 0.00000137. The molecule has 5 heteroatoms. The third kappa shape index (κ3) is 4.75. The van der Waals surface area contributed by atoms with Gasteiger partial charge in [-0.1, -0.05) is 38.1 Å². The van der Waals surface area contributed by atoms with Crippen molar-refractivity contribution >= 4 is 29.2 Å². The maximum Gasteiger partial charge on any atom is 0.174 e. The number of hydrogen-bond donors (Lipinski definition) is 1. The van der Waals surface area contributed by atoms with E-state index in [0.717, 1.165) is 17.9 Å². The molecule has 0 radical (unpaired) electrons. The van der Waals surface area contributed by atoms with Crippen LogP contribution in [0, 0.1) is 0 Å². The monoisotopic (exact) mass is 268 g/mol. The van der Waals surface area contributed by atoms with Gasteiger partial charge in [-0.05, 0) is 13.0 Å². The largest absolute Gasteiger partial charge is 0.382 e. The van der Waals surface area contributed by atoms with Gasteiger partial charge in [-0.2, -0.15) is 5.10 Å². The number of allylic oxidation sites excluding steroid dienone is 3. The number of hydrogen-bond acceptors (Lipinski definition) is 3. The molecule has 1 heterocycles. The summed E-state index contributed by atoms with van der Waals surface area (Å²) in [6.45, 7) is 10.4. The molecule has 0 saturated carbocycles. The molecule has 0 unspecified atom stereocenters. The van der Waals surface area contributed by atoms with E-state index < -0.39 is 0 Å². The Morgan fingerprint density at radius 2 is 2.28 bits per heavy atom. The van der Waals surface area contributed by atoms with E-state index in [1.54, 1.807) is 24.0 Å². The second kappa shape index (κ2) is 9.48. The number of aromatic nitrogens is 2. The first-order valence-electron chi connectivity index (χ1n) is 5.97. The predicted octanol–water partition coefficient (Wildman–Crippen LogP) is 3.72. The van der Waals surface area contributed by atoms with Gasteiger partial charge < -0.3 is 5.32 Å².